The number of thiophene rings is 1. The van der Waals surface area contributed by atoms with E-state index in [0.717, 1.165) is 21.8 Å². The Bertz CT molecular complexity index is 1100. The first-order chi connectivity index (χ1) is 14.5. The van der Waals surface area contributed by atoms with Gasteiger partial charge in [0.25, 0.3) is 11.7 Å². The van der Waals surface area contributed by atoms with Crippen molar-refractivity contribution in [2.45, 2.75) is 19.5 Å². The van der Waals surface area contributed by atoms with Gasteiger partial charge in [0.1, 0.15) is 11.5 Å². The van der Waals surface area contributed by atoms with Gasteiger partial charge in [-0.3, -0.25) is 9.59 Å². The molecule has 3 aromatic rings. The number of rotatable bonds is 5. The second-order valence-electron chi connectivity index (χ2n) is 7.16. The van der Waals surface area contributed by atoms with Crippen LogP contribution in [0.2, 0.25) is 0 Å². The van der Waals surface area contributed by atoms with Crippen LogP contribution in [0.5, 0.6) is 5.75 Å². The number of methoxy groups -OCH3 is 1. The number of amides is 1. The molecule has 0 saturated carbocycles. The van der Waals surface area contributed by atoms with Crippen molar-refractivity contribution in [2.24, 2.45) is 0 Å². The van der Waals surface area contributed by atoms with Crippen LogP contribution in [0, 0.1) is 6.92 Å². The summed E-state index contributed by atoms with van der Waals surface area (Å²) >= 11 is 1.45. The van der Waals surface area contributed by atoms with Crippen molar-refractivity contribution in [1.29, 1.82) is 0 Å². The Hall–Kier alpha value is -3.38. The largest absolute Gasteiger partial charge is 0.507 e. The highest BCUT2D eigenvalue weighted by Gasteiger charge is 2.46. The Balaban J connectivity index is 1.78. The number of aliphatic hydroxyl groups is 1. The van der Waals surface area contributed by atoms with E-state index in [1.165, 1.54) is 16.2 Å². The lowest BCUT2D eigenvalue weighted by Gasteiger charge is -2.24. The number of aliphatic hydroxyl groups excluding tert-OH is 1. The maximum absolute atomic E-state index is 13.0. The number of likely N-dealkylation sites (tertiary alicyclic amines) is 1. The number of ether oxygens (including phenoxy) is 1. The molecule has 1 atom stereocenters. The van der Waals surface area contributed by atoms with Crippen molar-refractivity contribution in [3.63, 3.8) is 0 Å². The van der Waals surface area contributed by atoms with Gasteiger partial charge in [-0.15, -0.1) is 11.3 Å². The number of carbonyl (C=O) groups is 2. The number of ketones is 1. The fourth-order valence-corrected chi connectivity index (χ4v) is 4.43. The Labute approximate surface area is 178 Å². The molecule has 1 amide bonds. The average Bonchev–Trinajstić information content (AvgIpc) is 3.37. The van der Waals surface area contributed by atoms with Crippen LogP contribution in [-0.4, -0.2) is 28.8 Å². The fourth-order valence-electron chi connectivity index (χ4n) is 3.58. The smallest absolute Gasteiger partial charge is 0.295 e. The van der Waals surface area contributed by atoms with E-state index in [2.05, 4.69) is 0 Å². The summed E-state index contributed by atoms with van der Waals surface area (Å²) in [5, 5.41) is 12.9. The van der Waals surface area contributed by atoms with Crippen LogP contribution < -0.4 is 4.74 Å². The van der Waals surface area contributed by atoms with Gasteiger partial charge in [-0.05, 0) is 36.1 Å². The highest BCUT2D eigenvalue weighted by atomic mass is 32.1. The predicted molar refractivity (Wildman–Crippen MR) is 116 cm³/mol. The first kappa shape index (κ1) is 19.9. The molecule has 1 aliphatic heterocycles. The van der Waals surface area contributed by atoms with E-state index in [1.807, 2.05) is 60.8 Å². The molecular weight excluding hydrogens is 398 g/mol. The van der Waals surface area contributed by atoms with E-state index in [4.69, 9.17) is 4.74 Å². The van der Waals surface area contributed by atoms with Crippen LogP contribution >= 0.6 is 11.3 Å². The lowest BCUT2D eigenvalue weighted by atomic mass is 9.99. The summed E-state index contributed by atoms with van der Waals surface area (Å²) < 4.78 is 5.19. The summed E-state index contributed by atoms with van der Waals surface area (Å²) in [5.74, 6) is -0.711. The molecule has 1 saturated heterocycles. The summed E-state index contributed by atoms with van der Waals surface area (Å²) in [6.07, 6.45) is 0. The van der Waals surface area contributed by atoms with Gasteiger partial charge in [-0.1, -0.05) is 48.0 Å². The third-order valence-corrected chi connectivity index (χ3v) is 6.11. The van der Waals surface area contributed by atoms with Gasteiger partial charge >= 0.3 is 0 Å². The minimum absolute atomic E-state index is 0.125. The van der Waals surface area contributed by atoms with Crippen molar-refractivity contribution < 1.29 is 19.4 Å². The van der Waals surface area contributed by atoms with Crippen molar-refractivity contribution in [3.05, 3.63) is 93.2 Å². The molecule has 0 bridgehead atoms. The molecule has 2 aromatic carbocycles. The van der Waals surface area contributed by atoms with E-state index in [-0.39, 0.29) is 17.9 Å². The number of benzene rings is 2. The summed E-state index contributed by atoms with van der Waals surface area (Å²) in [5.41, 5.74) is 2.56. The van der Waals surface area contributed by atoms with Gasteiger partial charge < -0.3 is 14.7 Å². The van der Waals surface area contributed by atoms with Gasteiger partial charge in [0, 0.05) is 17.0 Å². The van der Waals surface area contributed by atoms with Gasteiger partial charge in [-0.25, -0.2) is 0 Å². The fraction of sp³-hybridized carbons (Fsp3) is 0.167. The van der Waals surface area contributed by atoms with Crippen LogP contribution in [0.4, 0.5) is 0 Å². The SMILES string of the molecule is COc1ccc(CN2C(=O)C(=O)/C(=C(\O)c3ccc(C)cc3)C2c2cccs2)cc1. The zero-order valence-electron chi connectivity index (χ0n) is 16.7. The van der Waals surface area contributed by atoms with Crippen molar-refractivity contribution in [3.8, 4) is 5.75 Å². The second kappa shape index (κ2) is 8.16. The predicted octanol–water partition coefficient (Wildman–Crippen LogP) is 4.69. The van der Waals surface area contributed by atoms with Crippen molar-refractivity contribution in [2.75, 3.05) is 7.11 Å². The first-order valence-corrected chi connectivity index (χ1v) is 10.4. The Morgan fingerprint density at radius 3 is 2.37 bits per heavy atom. The highest BCUT2D eigenvalue weighted by Crippen LogP contribution is 2.41. The third kappa shape index (κ3) is 3.62. The number of hydrogen-bond donors (Lipinski definition) is 1. The molecule has 6 heteroatoms. The maximum atomic E-state index is 13.0. The summed E-state index contributed by atoms with van der Waals surface area (Å²) in [6, 6.07) is 17.7. The van der Waals surface area contributed by atoms with Crippen LogP contribution in [0.15, 0.2) is 71.6 Å². The number of aryl methyl sites for hydroxylation is 1. The van der Waals surface area contributed by atoms with Crippen LogP contribution in [-0.2, 0) is 16.1 Å². The Kier molecular flexibility index (Phi) is 5.42. The molecule has 152 valence electrons. The molecule has 5 nitrogen and oxygen atoms in total. The Morgan fingerprint density at radius 2 is 1.77 bits per heavy atom. The van der Waals surface area contributed by atoms with Crippen LogP contribution in [0.25, 0.3) is 5.76 Å². The van der Waals surface area contributed by atoms with Gasteiger partial charge in [0.05, 0.1) is 18.7 Å². The molecular formula is C24H21NO4S. The van der Waals surface area contributed by atoms with Crippen LogP contribution in [0.1, 0.15) is 27.6 Å². The van der Waals surface area contributed by atoms with E-state index in [1.54, 1.807) is 19.2 Å². The van der Waals surface area contributed by atoms with Crippen LogP contribution in [0.3, 0.4) is 0 Å². The molecule has 0 radical (unpaired) electrons. The molecule has 4 rings (SSSR count). The summed E-state index contributed by atoms with van der Waals surface area (Å²) in [4.78, 5) is 28.3. The van der Waals surface area contributed by atoms with E-state index < -0.39 is 17.7 Å². The summed E-state index contributed by atoms with van der Waals surface area (Å²) in [7, 11) is 1.59. The molecule has 1 aromatic heterocycles. The third-order valence-electron chi connectivity index (χ3n) is 5.19. The number of carbonyl (C=O) groups excluding carboxylic acids is 2. The topological polar surface area (TPSA) is 66.8 Å². The lowest BCUT2D eigenvalue weighted by Crippen LogP contribution is -2.28. The molecule has 30 heavy (non-hydrogen) atoms. The first-order valence-electron chi connectivity index (χ1n) is 9.51. The van der Waals surface area contributed by atoms with E-state index >= 15 is 0 Å². The molecule has 1 unspecified atom stereocenters. The standard InChI is InChI=1S/C24H21NO4S/c1-15-5-9-17(10-6-15)22(26)20-21(19-4-3-13-30-19)25(24(28)23(20)27)14-16-7-11-18(29-2)12-8-16/h3-13,21,26H,14H2,1-2H3/b22-20-. The molecule has 1 N–H and O–H groups in total. The average molecular weight is 420 g/mol. The Morgan fingerprint density at radius 1 is 1.07 bits per heavy atom. The number of hydrogen-bond acceptors (Lipinski definition) is 5. The second-order valence-corrected chi connectivity index (χ2v) is 8.14. The normalized spacial score (nSPS) is 18.1. The van der Waals surface area contributed by atoms with Gasteiger partial charge in [-0.2, -0.15) is 0 Å². The monoisotopic (exact) mass is 419 g/mol. The molecule has 1 aliphatic rings. The quantitative estimate of drug-likeness (QED) is 0.370. The minimum Gasteiger partial charge on any atom is -0.507 e. The summed E-state index contributed by atoms with van der Waals surface area (Å²) in [6.45, 7) is 2.20. The zero-order chi connectivity index (χ0) is 21.3. The molecule has 0 aliphatic carbocycles. The van der Waals surface area contributed by atoms with Crippen molar-refractivity contribution in [1.82, 2.24) is 4.90 Å². The molecule has 2 heterocycles. The van der Waals surface area contributed by atoms with E-state index in [0.29, 0.717) is 5.56 Å². The highest BCUT2D eigenvalue weighted by molar-refractivity contribution is 7.10. The molecule has 0 spiro atoms. The maximum Gasteiger partial charge on any atom is 0.295 e. The van der Waals surface area contributed by atoms with E-state index in [9.17, 15) is 14.7 Å². The molecule has 1 fully saturated rings. The van der Waals surface area contributed by atoms with Gasteiger partial charge in [0.15, 0.2) is 0 Å². The van der Waals surface area contributed by atoms with Crippen molar-refractivity contribution >= 4 is 28.8 Å². The lowest BCUT2D eigenvalue weighted by molar-refractivity contribution is -0.140. The number of Topliss-reactive ketones (excluding diaryl/α,β-unsaturated/α-hetero) is 1. The zero-order valence-corrected chi connectivity index (χ0v) is 17.5. The number of nitrogens with zero attached hydrogens (tertiary/aromatic N) is 1. The van der Waals surface area contributed by atoms with Gasteiger partial charge in [0.2, 0.25) is 0 Å². The minimum atomic E-state index is -0.667.